The first-order valence-electron chi connectivity index (χ1n) is 10.6. The van der Waals surface area contributed by atoms with E-state index in [2.05, 4.69) is 22.7 Å². The molecule has 33 heavy (non-hydrogen) atoms. The van der Waals surface area contributed by atoms with Crippen molar-refractivity contribution in [3.63, 3.8) is 0 Å². The number of carboxylic acid groups (broad SMARTS) is 1. The van der Waals surface area contributed by atoms with Crippen LogP contribution in [-0.4, -0.2) is 35.2 Å². The fourth-order valence-corrected chi connectivity index (χ4v) is 3.45. The molecule has 7 heteroatoms. The van der Waals surface area contributed by atoms with E-state index in [0.29, 0.717) is 29.6 Å². The number of nitrogens with one attached hydrogen (secondary N) is 2. The number of rotatable bonds is 8. The molecule has 0 unspecified atom stereocenters. The van der Waals surface area contributed by atoms with Crippen LogP contribution in [0.4, 0.5) is 5.69 Å². The van der Waals surface area contributed by atoms with Crippen molar-refractivity contribution in [3.8, 4) is 23.5 Å². The third kappa shape index (κ3) is 6.17. The number of carbonyl (C=O) groups excluding carboxylic acids is 1. The molecule has 0 bridgehead atoms. The van der Waals surface area contributed by atoms with Gasteiger partial charge in [0.25, 0.3) is 5.91 Å². The topological polar surface area (TPSA) is 108 Å². The van der Waals surface area contributed by atoms with Gasteiger partial charge in [-0.25, -0.2) is 4.79 Å². The predicted octanol–water partition coefficient (Wildman–Crippen LogP) is 4.21. The molecule has 4 N–H and O–H groups in total. The second-order valence-electron chi connectivity index (χ2n) is 7.62. The van der Waals surface area contributed by atoms with Gasteiger partial charge < -0.3 is 25.6 Å². The van der Waals surface area contributed by atoms with Crippen molar-refractivity contribution in [1.29, 1.82) is 0 Å². The van der Waals surface area contributed by atoms with Crippen LogP contribution in [0, 0.1) is 25.8 Å². The fraction of sp³-hybridized carbons (Fsp3) is 0.231. The van der Waals surface area contributed by atoms with E-state index in [0.717, 1.165) is 24.2 Å². The Kier molecular flexibility index (Phi) is 7.77. The van der Waals surface area contributed by atoms with Crippen LogP contribution in [-0.2, 0) is 4.79 Å². The van der Waals surface area contributed by atoms with Crippen molar-refractivity contribution in [2.45, 2.75) is 26.7 Å². The van der Waals surface area contributed by atoms with Crippen molar-refractivity contribution < 1.29 is 24.5 Å². The first-order valence-corrected chi connectivity index (χ1v) is 10.6. The summed E-state index contributed by atoms with van der Waals surface area (Å²) in [6, 6.07) is 16.7. The summed E-state index contributed by atoms with van der Waals surface area (Å²) in [6.45, 7) is 5.07. The van der Waals surface area contributed by atoms with E-state index in [1.165, 1.54) is 11.6 Å². The van der Waals surface area contributed by atoms with Gasteiger partial charge in [0, 0.05) is 29.3 Å². The van der Waals surface area contributed by atoms with Crippen LogP contribution in [0.1, 0.15) is 34.3 Å². The van der Waals surface area contributed by atoms with Crippen LogP contribution >= 0.6 is 0 Å². The van der Waals surface area contributed by atoms with E-state index in [4.69, 9.17) is 9.84 Å². The third-order valence-corrected chi connectivity index (χ3v) is 5.09. The maximum Gasteiger partial charge on any atom is 0.383 e. The number of carbonyl (C=O) groups is 2. The van der Waals surface area contributed by atoms with Gasteiger partial charge in [-0.1, -0.05) is 35.9 Å². The molecule has 0 aliphatic rings. The minimum absolute atomic E-state index is 0.141. The molecule has 0 fully saturated rings. The molecule has 0 spiro atoms. The predicted molar refractivity (Wildman–Crippen MR) is 128 cm³/mol. The summed E-state index contributed by atoms with van der Waals surface area (Å²) in [4.78, 5) is 23.1. The quantitative estimate of drug-likeness (QED) is 0.235. The van der Waals surface area contributed by atoms with E-state index in [1.54, 1.807) is 24.3 Å². The number of hydrogen-bond donors (Lipinski definition) is 4. The monoisotopic (exact) mass is 446 g/mol. The molecule has 0 aromatic heterocycles. The Bertz CT molecular complexity index is 1240. The Morgan fingerprint density at radius 3 is 2.61 bits per heavy atom. The lowest BCUT2D eigenvalue weighted by molar-refractivity contribution is -0.130. The molecule has 0 heterocycles. The second kappa shape index (κ2) is 10.9. The molecule has 0 radical (unpaired) electrons. The molecule has 0 aliphatic carbocycles. The Morgan fingerprint density at radius 1 is 1.03 bits per heavy atom. The number of benzene rings is 3. The maximum absolute atomic E-state index is 12.6. The van der Waals surface area contributed by atoms with Gasteiger partial charge in [0.1, 0.15) is 11.5 Å². The normalized spacial score (nSPS) is 10.2. The highest BCUT2D eigenvalue weighted by molar-refractivity contribution is 6.06. The number of phenols is 1. The summed E-state index contributed by atoms with van der Waals surface area (Å²) in [5, 5.41) is 25.9. The first-order chi connectivity index (χ1) is 15.9. The average Bonchev–Trinajstić information content (AvgIpc) is 2.77. The van der Waals surface area contributed by atoms with Crippen molar-refractivity contribution in [1.82, 2.24) is 5.32 Å². The zero-order valence-electron chi connectivity index (χ0n) is 18.6. The van der Waals surface area contributed by atoms with E-state index in [1.807, 2.05) is 31.9 Å². The highest BCUT2D eigenvalue weighted by atomic mass is 16.5. The summed E-state index contributed by atoms with van der Waals surface area (Å²) in [5.74, 6) is 1.09. The van der Waals surface area contributed by atoms with Gasteiger partial charge in [-0.3, -0.25) is 4.79 Å². The van der Waals surface area contributed by atoms with Crippen molar-refractivity contribution >= 4 is 28.3 Å². The number of aryl methyl sites for hydroxylation is 2. The van der Waals surface area contributed by atoms with E-state index in [-0.39, 0.29) is 17.2 Å². The molecule has 7 nitrogen and oxygen atoms in total. The zero-order chi connectivity index (χ0) is 23.8. The number of hydrogen-bond acceptors (Lipinski definition) is 5. The van der Waals surface area contributed by atoms with Crippen LogP contribution in [0.25, 0.3) is 10.8 Å². The molecule has 3 aromatic carbocycles. The van der Waals surface area contributed by atoms with Crippen LogP contribution in [0.15, 0.2) is 48.5 Å². The standard InChI is InChI=1S/C26H26N2O5/c1-17-8-11-23(18(2)16-17)33-15-4-3-13-28-26(32)21-10-9-19-20(25(21)31)6-5-7-22(19)27-14-12-24(29)30/h5-11,16,27,31H,3-4,13,15H2,1-2H3,(H,28,32)(H,29,30). The summed E-state index contributed by atoms with van der Waals surface area (Å²) in [7, 11) is 0. The van der Waals surface area contributed by atoms with Gasteiger partial charge >= 0.3 is 5.97 Å². The number of aliphatic carboxylic acids is 1. The van der Waals surface area contributed by atoms with Crippen molar-refractivity contribution in [2.24, 2.45) is 0 Å². The molecular formula is C26H26N2O5. The third-order valence-electron chi connectivity index (χ3n) is 5.09. The Morgan fingerprint density at radius 2 is 1.85 bits per heavy atom. The number of phenolic OH excluding ortho intramolecular Hbond substituents is 1. The summed E-state index contributed by atoms with van der Waals surface area (Å²) < 4.78 is 5.80. The lowest BCUT2D eigenvalue weighted by Crippen LogP contribution is -2.24. The molecule has 0 atom stereocenters. The van der Waals surface area contributed by atoms with Gasteiger partial charge in [-0.15, -0.1) is 0 Å². The second-order valence-corrected chi connectivity index (χ2v) is 7.62. The van der Waals surface area contributed by atoms with Gasteiger partial charge in [-0.2, -0.15) is 0 Å². The largest absolute Gasteiger partial charge is 0.506 e. The highest BCUT2D eigenvalue weighted by Gasteiger charge is 2.14. The average molecular weight is 447 g/mol. The van der Waals surface area contributed by atoms with Crippen LogP contribution in [0.5, 0.6) is 11.5 Å². The minimum atomic E-state index is -1.25. The number of amides is 1. The summed E-state index contributed by atoms with van der Waals surface area (Å²) >= 11 is 0. The smallest absolute Gasteiger partial charge is 0.383 e. The van der Waals surface area contributed by atoms with Crippen LogP contribution in [0.3, 0.4) is 0 Å². The van der Waals surface area contributed by atoms with Crippen LogP contribution in [0.2, 0.25) is 0 Å². The lowest BCUT2D eigenvalue weighted by Gasteiger charge is -2.12. The number of unbranched alkanes of at least 4 members (excludes halogenated alkanes) is 1. The first kappa shape index (κ1) is 23.5. The molecule has 3 aromatic rings. The van der Waals surface area contributed by atoms with Gasteiger partial charge in [0.2, 0.25) is 0 Å². The molecular weight excluding hydrogens is 420 g/mol. The Hall–Kier alpha value is -4.18. The highest BCUT2D eigenvalue weighted by Crippen LogP contribution is 2.33. The number of carboxylic acids is 1. The summed E-state index contributed by atoms with van der Waals surface area (Å²) in [6.07, 6.45) is 1.52. The van der Waals surface area contributed by atoms with Gasteiger partial charge in [-0.05, 0) is 50.5 Å². The van der Waals surface area contributed by atoms with Crippen LogP contribution < -0.4 is 15.4 Å². The molecule has 0 saturated heterocycles. The Labute approximate surface area is 192 Å². The molecule has 0 aliphatic heterocycles. The van der Waals surface area contributed by atoms with Gasteiger partial charge in [0.05, 0.1) is 17.9 Å². The summed E-state index contributed by atoms with van der Waals surface area (Å²) in [5.41, 5.74) is 3.00. The maximum atomic E-state index is 12.6. The number of aromatic hydroxyl groups is 1. The zero-order valence-corrected chi connectivity index (χ0v) is 18.6. The minimum Gasteiger partial charge on any atom is -0.506 e. The number of anilines is 1. The van der Waals surface area contributed by atoms with Gasteiger partial charge in [0.15, 0.2) is 0 Å². The number of ether oxygens (including phenoxy) is 1. The SMILES string of the molecule is Cc1ccc(OCCCCNC(=O)c2ccc3c(NC#CC(=O)O)cccc3c2O)c(C)c1. The van der Waals surface area contributed by atoms with E-state index in [9.17, 15) is 14.7 Å². The molecule has 0 saturated carbocycles. The lowest BCUT2D eigenvalue weighted by atomic mass is 10.0. The van der Waals surface area contributed by atoms with Crippen molar-refractivity contribution in [3.05, 3.63) is 65.2 Å². The molecule has 170 valence electrons. The molecule has 3 rings (SSSR count). The Balaban J connectivity index is 1.55. The van der Waals surface area contributed by atoms with E-state index < -0.39 is 5.97 Å². The number of fused-ring (bicyclic) bond motifs is 1. The van der Waals surface area contributed by atoms with Crippen molar-refractivity contribution in [2.75, 3.05) is 18.5 Å². The fourth-order valence-electron chi connectivity index (χ4n) is 3.45. The molecule has 1 amide bonds. The van der Waals surface area contributed by atoms with E-state index >= 15 is 0 Å².